The van der Waals surface area contributed by atoms with E-state index < -0.39 is 6.04 Å². The molecule has 0 aliphatic carbocycles. The molecule has 7 heteroatoms. The van der Waals surface area contributed by atoms with Crippen molar-refractivity contribution >= 4 is 17.7 Å². The molecule has 1 aliphatic rings. The van der Waals surface area contributed by atoms with Gasteiger partial charge in [-0.1, -0.05) is 29.8 Å². The van der Waals surface area contributed by atoms with Gasteiger partial charge in [0.05, 0.1) is 0 Å². The lowest BCUT2D eigenvalue weighted by Crippen LogP contribution is -2.53. The first-order valence-corrected chi connectivity index (χ1v) is 10.5. The molecule has 1 aliphatic heterocycles. The Morgan fingerprint density at radius 3 is 2.45 bits per heavy atom. The summed E-state index contributed by atoms with van der Waals surface area (Å²) in [5, 5.41) is 5.64. The first-order chi connectivity index (χ1) is 14.8. The number of halogens is 1. The van der Waals surface area contributed by atoms with Gasteiger partial charge in [0.1, 0.15) is 11.9 Å². The van der Waals surface area contributed by atoms with Gasteiger partial charge in [-0.15, -0.1) is 0 Å². The smallest absolute Gasteiger partial charge is 0.253 e. The Bertz CT molecular complexity index is 955. The summed E-state index contributed by atoms with van der Waals surface area (Å²) in [5.74, 6) is -1.01. The Kier molecular flexibility index (Phi) is 7.39. The molecule has 0 radical (unpaired) electrons. The molecule has 31 heavy (non-hydrogen) atoms. The fourth-order valence-electron chi connectivity index (χ4n) is 3.84. The zero-order chi connectivity index (χ0) is 22.4. The minimum atomic E-state index is -0.786. The molecule has 2 aromatic carbocycles. The van der Waals surface area contributed by atoms with Gasteiger partial charge in [0.25, 0.3) is 5.91 Å². The molecule has 3 amide bonds. The molecule has 164 valence electrons. The first-order valence-electron chi connectivity index (χ1n) is 10.5. The fraction of sp³-hybridized carbons (Fsp3) is 0.375. The van der Waals surface area contributed by atoms with E-state index in [1.165, 1.54) is 19.1 Å². The molecular formula is C24H28FN3O3. The second-order valence-corrected chi connectivity index (χ2v) is 8.03. The Morgan fingerprint density at radius 1 is 1.10 bits per heavy atom. The Balaban J connectivity index is 1.56. The van der Waals surface area contributed by atoms with Gasteiger partial charge in [-0.05, 0) is 49.6 Å². The molecule has 2 N–H and O–H groups in total. The van der Waals surface area contributed by atoms with E-state index in [0.29, 0.717) is 37.1 Å². The molecule has 1 atom stereocenters. The third-order valence-corrected chi connectivity index (χ3v) is 5.42. The standard InChI is InChI=1S/C24H28FN3O3/c1-16-5-3-7-19(13-16)24(31)28-11-9-21(10-12-28)27-23(30)22(26-17(2)29)15-18-6-4-8-20(25)14-18/h3-8,13-14,21-22H,9-12,15H2,1-2H3,(H,26,29)(H,27,30)/t22-/m1/s1. The third kappa shape index (κ3) is 6.38. The summed E-state index contributed by atoms with van der Waals surface area (Å²) in [6.07, 6.45) is 1.47. The number of nitrogens with zero attached hydrogens (tertiary/aromatic N) is 1. The summed E-state index contributed by atoms with van der Waals surface area (Å²) in [6, 6.07) is 12.6. The van der Waals surface area contributed by atoms with Gasteiger partial charge in [0.15, 0.2) is 0 Å². The van der Waals surface area contributed by atoms with Crippen LogP contribution in [-0.2, 0) is 16.0 Å². The molecule has 0 spiro atoms. The highest BCUT2D eigenvalue weighted by Gasteiger charge is 2.27. The van der Waals surface area contributed by atoms with Crippen molar-refractivity contribution < 1.29 is 18.8 Å². The van der Waals surface area contributed by atoms with Gasteiger partial charge in [-0.25, -0.2) is 4.39 Å². The predicted octanol–water partition coefficient (Wildman–Crippen LogP) is 2.60. The normalized spacial score (nSPS) is 15.3. The molecule has 1 heterocycles. The second-order valence-electron chi connectivity index (χ2n) is 8.03. The summed E-state index contributed by atoms with van der Waals surface area (Å²) in [4.78, 5) is 38.9. The lowest BCUT2D eigenvalue weighted by Gasteiger charge is -2.33. The lowest BCUT2D eigenvalue weighted by molar-refractivity contribution is -0.128. The van der Waals surface area contributed by atoms with E-state index in [2.05, 4.69) is 10.6 Å². The van der Waals surface area contributed by atoms with Crippen molar-refractivity contribution in [3.63, 3.8) is 0 Å². The molecule has 1 fully saturated rings. The van der Waals surface area contributed by atoms with Crippen LogP contribution in [0.5, 0.6) is 0 Å². The molecule has 0 saturated carbocycles. The van der Waals surface area contributed by atoms with Crippen LogP contribution in [0.15, 0.2) is 48.5 Å². The van der Waals surface area contributed by atoms with Crippen molar-refractivity contribution in [2.75, 3.05) is 13.1 Å². The van der Waals surface area contributed by atoms with Crippen LogP contribution in [0.1, 0.15) is 41.3 Å². The molecule has 6 nitrogen and oxygen atoms in total. The van der Waals surface area contributed by atoms with Crippen LogP contribution in [0, 0.1) is 12.7 Å². The molecule has 3 rings (SSSR count). The van der Waals surface area contributed by atoms with Gasteiger partial charge in [0.2, 0.25) is 11.8 Å². The highest BCUT2D eigenvalue weighted by atomic mass is 19.1. The number of carbonyl (C=O) groups excluding carboxylic acids is 3. The van der Waals surface area contributed by atoms with Crippen LogP contribution in [0.25, 0.3) is 0 Å². The number of aryl methyl sites for hydroxylation is 1. The van der Waals surface area contributed by atoms with E-state index in [9.17, 15) is 18.8 Å². The predicted molar refractivity (Wildman–Crippen MR) is 116 cm³/mol. The topological polar surface area (TPSA) is 78.5 Å². The van der Waals surface area contributed by atoms with Crippen molar-refractivity contribution in [3.8, 4) is 0 Å². The van der Waals surface area contributed by atoms with Gasteiger partial charge >= 0.3 is 0 Å². The maximum atomic E-state index is 13.5. The van der Waals surface area contributed by atoms with Crippen molar-refractivity contribution in [1.29, 1.82) is 0 Å². The largest absolute Gasteiger partial charge is 0.351 e. The molecule has 1 saturated heterocycles. The van der Waals surface area contributed by atoms with Crippen LogP contribution >= 0.6 is 0 Å². The average Bonchev–Trinajstić information content (AvgIpc) is 2.73. The van der Waals surface area contributed by atoms with Crippen LogP contribution in [0.3, 0.4) is 0 Å². The fourth-order valence-corrected chi connectivity index (χ4v) is 3.84. The van der Waals surface area contributed by atoms with Crippen LogP contribution in [-0.4, -0.2) is 47.8 Å². The first kappa shape index (κ1) is 22.5. The van der Waals surface area contributed by atoms with Gasteiger partial charge in [-0.2, -0.15) is 0 Å². The second kappa shape index (κ2) is 10.2. The van der Waals surface area contributed by atoms with Gasteiger partial charge in [0, 0.05) is 38.0 Å². The third-order valence-electron chi connectivity index (χ3n) is 5.42. The zero-order valence-electron chi connectivity index (χ0n) is 17.9. The van der Waals surface area contributed by atoms with E-state index in [1.54, 1.807) is 17.0 Å². The van der Waals surface area contributed by atoms with E-state index in [4.69, 9.17) is 0 Å². The van der Waals surface area contributed by atoms with E-state index in [0.717, 1.165) is 5.56 Å². The van der Waals surface area contributed by atoms with Crippen molar-refractivity contribution in [1.82, 2.24) is 15.5 Å². The van der Waals surface area contributed by atoms with Crippen LogP contribution in [0.2, 0.25) is 0 Å². The number of amides is 3. The number of carbonyl (C=O) groups is 3. The van der Waals surface area contributed by atoms with E-state index >= 15 is 0 Å². The molecular weight excluding hydrogens is 397 g/mol. The lowest BCUT2D eigenvalue weighted by atomic mass is 10.0. The molecule has 0 bridgehead atoms. The summed E-state index contributed by atoms with van der Waals surface area (Å²) < 4.78 is 13.5. The summed E-state index contributed by atoms with van der Waals surface area (Å²) in [6.45, 7) is 4.40. The quantitative estimate of drug-likeness (QED) is 0.747. The number of rotatable bonds is 6. The summed E-state index contributed by atoms with van der Waals surface area (Å²) >= 11 is 0. The Hall–Kier alpha value is -3.22. The highest BCUT2D eigenvalue weighted by Crippen LogP contribution is 2.16. The van der Waals surface area contributed by atoms with Crippen LogP contribution < -0.4 is 10.6 Å². The number of hydrogen-bond donors (Lipinski definition) is 2. The highest BCUT2D eigenvalue weighted by molar-refractivity contribution is 5.94. The summed E-state index contributed by atoms with van der Waals surface area (Å²) in [5.41, 5.74) is 2.34. The Morgan fingerprint density at radius 2 is 1.81 bits per heavy atom. The van der Waals surface area contributed by atoms with E-state index in [-0.39, 0.29) is 36.0 Å². The van der Waals surface area contributed by atoms with E-state index in [1.807, 2.05) is 31.2 Å². The monoisotopic (exact) mass is 425 g/mol. The number of nitrogens with one attached hydrogen (secondary N) is 2. The van der Waals surface area contributed by atoms with Crippen molar-refractivity contribution in [2.45, 2.75) is 45.2 Å². The minimum Gasteiger partial charge on any atom is -0.351 e. The van der Waals surface area contributed by atoms with Gasteiger partial charge in [-0.3, -0.25) is 14.4 Å². The maximum Gasteiger partial charge on any atom is 0.253 e. The summed E-state index contributed by atoms with van der Waals surface area (Å²) in [7, 11) is 0. The number of benzene rings is 2. The average molecular weight is 426 g/mol. The SMILES string of the molecule is CC(=O)N[C@H](Cc1cccc(F)c1)C(=O)NC1CCN(C(=O)c2cccc(C)c2)CC1. The number of likely N-dealkylation sites (tertiary alicyclic amines) is 1. The Labute approximate surface area is 181 Å². The number of piperidine rings is 1. The number of hydrogen-bond acceptors (Lipinski definition) is 3. The molecule has 0 aromatic heterocycles. The molecule has 0 unspecified atom stereocenters. The van der Waals surface area contributed by atoms with Crippen LogP contribution in [0.4, 0.5) is 4.39 Å². The minimum absolute atomic E-state index is 0.00398. The maximum absolute atomic E-state index is 13.5. The van der Waals surface area contributed by atoms with Crippen molar-refractivity contribution in [2.24, 2.45) is 0 Å². The van der Waals surface area contributed by atoms with Crippen molar-refractivity contribution in [3.05, 3.63) is 71.0 Å². The molecule has 2 aromatic rings. The van der Waals surface area contributed by atoms with Gasteiger partial charge < -0.3 is 15.5 Å². The zero-order valence-corrected chi connectivity index (χ0v) is 17.9.